The SMILES string of the molecule is O=c1[nH]c2c(s1)[C@@H](c1ccccc1)[C@H]1[C@@H]3CC[C@@H](C3)[C@@H]1S2. The number of benzene rings is 1. The molecule has 4 heteroatoms. The molecule has 1 aromatic heterocycles. The van der Waals surface area contributed by atoms with Crippen LogP contribution in [0.15, 0.2) is 40.2 Å². The van der Waals surface area contributed by atoms with Crippen molar-refractivity contribution in [2.24, 2.45) is 17.8 Å². The van der Waals surface area contributed by atoms with Crippen LogP contribution in [0.4, 0.5) is 0 Å². The third-order valence-electron chi connectivity index (χ3n) is 5.62. The molecule has 2 heterocycles. The predicted octanol–water partition coefficient (Wildman–Crippen LogP) is 4.09. The van der Waals surface area contributed by atoms with E-state index in [9.17, 15) is 4.79 Å². The van der Waals surface area contributed by atoms with E-state index >= 15 is 0 Å². The Labute approximate surface area is 132 Å². The van der Waals surface area contributed by atoms with Crippen LogP contribution in [0.3, 0.4) is 0 Å². The van der Waals surface area contributed by atoms with Gasteiger partial charge in [-0.3, -0.25) is 4.79 Å². The summed E-state index contributed by atoms with van der Waals surface area (Å²) < 4.78 is 0. The summed E-state index contributed by atoms with van der Waals surface area (Å²) in [5.74, 6) is 2.90. The summed E-state index contributed by atoms with van der Waals surface area (Å²) in [4.78, 5) is 16.4. The summed E-state index contributed by atoms with van der Waals surface area (Å²) in [5.41, 5.74) is 1.40. The number of thioether (sulfide) groups is 1. The highest BCUT2D eigenvalue weighted by Crippen LogP contribution is 2.63. The zero-order valence-electron chi connectivity index (χ0n) is 11.6. The molecule has 0 amide bonds. The third-order valence-corrected chi connectivity index (χ3v) is 8.25. The Bertz CT molecular complexity index is 735. The Kier molecular flexibility index (Phi) is 2.68. The van der Waals surface area contributed by atoms with E-state index in [0.717, 1.165) is 22.8 Å². The van der Waals surface area contributed by atoms with E-state index < -0.39 is 0 Å². The molecule has 1 aliphatic heterocycles. The molecular formula is C17H17NOS2. The Morgan fingerprint density at radius 3 is 2.76 bits per heavy atom. The number of hydrogen-bond acceptors (Lipinski definition) is 3. The minimum atomic E-state index is 0.112. The van der Waals surface area contributed by atoms with Crippen molar-refractivity contribution < 1.29 is 0 Å². The number of thiazole rings is 1. The van der Waals surface area contributed by atoms with Crippen molar-refractivity contribution >= 4 is 23.1 Å². The maximum absolute atomic E-state index is 11.9. The smallest absolute Gasteiger partial charge is 0.305 e. The van der Waals surface area contributed by atoms with Gasteiger partial charge in [-0.2, -0.15) is 0 Å². The van der Waals surface area contributed by atoms with Crippen molar-refractivity contribution in [3.05, 3.63) is 50.4 Å². The highest BCUT2D eigenvalue weighted by molar-refractivity contribution is 8.00. The van der Waals surface area contributed by atoms with Crippen LogP contribution in [0.25, 0.3) is 0 Å². The molecule has 2 saturated carbocycles. The summed E-state index contributed by atoms with van der Waals surface area (Å²) in [7, 11) is 0. The first-order valence-electron chi connectivity index (χ1n) is 7.76. The number of aromatic nitrogens is 1. The van der Waals surface area contributed by atoms with Crippen LogP contribution in [-0.2, 0) is 0 Å². The average Bonchev–Trinajstić information content (AvgIpc) is 3.18. The molecule has 2 fully saturated rings. The summed E-state index contributed by atoms with van der Waals surface area (Å²) in [6.07, 6.45) is 4.19. The lowest BCUT2D eigenvalue weighted by atomic mass is 9.75. The second-order valence-electron chi connectivity index (χ2n) is 6.59. The lowest BCUT2D eigenvalue weighted by Gasteiger charge is -2.40. The van der Waals surface area contributed by atoms with Crippen molar-refractivity contribution in [1.29, 1.82) is 0 Å². The van der Waals surface area contributed by atoms with E-state index in [1.165, 1.54) is 41.0 Å². The molecule has 1 aromatic carbocycles. The monoisotopic (exact) mass is 315 g/mol. The first-order valence-corrected chi connectivity index (χ1v) is 9.45. The van der Waals surface area contributed by atoms with Gasteiger partial charge in [0.05, 0.1) is 5.03 Å². The molecule has 0 radical (unpaired) electrons. The number of hydrogen-bond donors (Lipinski definition) is 1. The van der Waals surface area contributed by atoms with Gasteiger partial charge < -0.3 is 4.98 Å². The van der Waals surface area contributed by atoms with Crippen molar-refractivity contribution in [1.82, 2.24) is 4.98 Å². The van der Waals surface area contributed by atoms with E-state index in [0.29, 0.717) is 11.2 Å². The van der Waals surface area contributed by atoms with E-state index in [4.69, 9.17) is 0 Å². The summed E-state index contributed by atoms with van der Waals surface area (Å²) in [6.45, 7) is 0. The van der Waals surface area contributed by atoms with Gasteiger partial charge >= 0.3 is 4.87 Å². The minimum Gasteiger partial charge on any atom is -0.307 e. The maximum atomic E-state index is 11.9. The molecule has 0 unspecified atom stereocenters. The summed E-state index contributed by atoms with van der Waals surface area (Å²) in [5, 5.41) is 1.87. The van der Waals surface area contributed by atoms with E-state index in [1.807, 2.05) is 11.8 Å². The van der Waals surface area contributed by atoms with Crippen LogP contribution in [-0.4, -0.2) is 10.2 Å². The largest absolute Gasteiger partial charge is 0.307 e. The Morgan fingerprint density at radius 2 is 1.90 bits per heavy atom. The van der Waals surface area contributed by atoms with Crippen LogP contribution in [0.2, 0.25) is 0 Å². The number of fused-ring (bicyclic) bond motifs is 6. The Morgan fingerprint density at radius 1 is 1.10 bits per heavy atom. The van der Waals surface area contributed by atoms with Gasteiger partial charge in [-0.15, -0.1) is 11.8 Å². The molecule has 2 bridgehead atoms. The number of aromatic amines is 1. The molecule has 0 spiro atoms. The van der Waals surface area contributed by atoms with E-state index in [2.05, 4.69) is 35.3 Å². The Hall–Kier alpha value is -1.00. The first kappa shape index (κ1) is 12.5. The molecule has 2 aliphatic carbocycles. The van der Waals surface area contributed by atoms with Gasteiger partial charge in [-0.1, -0.05) is 41.7 Å². The van der Waals surface area contributed by atoms with Crippen molar-refractivity contribution in [2.75, 3.05) is 0 Å². The molecule has 3 aliphatic rings. The molecule has 1 N–H and O–H groups in total. The highest BCUT2D eigenvalue weighted by atomic mass is 32.2. The molecular weight excluding hydrogens is 298 g/mol. The molecule has 0 saturated heterocycles. The Balaban J connectivity index is 1.70. The average molecular weight is 315 g/mol. The maximum Gasteiger partial charge on any atom is 0.305 e. The van der Waals surface area contributed by atoms with Gasteiger partial charge in [0.25, 0.3) is 0 Å². The van der Waals surface area contributed by atoms with E-state index in [-0.39, 0.29) is 4.87 Å². The predicted molar refractivity (Wildman–Crippen MR) is 87.2 cm³/mol. The molecule has 108 valence electrons. The van der Waals surface area contributed by atoms with Gasteiger partial charge in [0.15, 0.2) is 0 Å². The highest BCUT2D eigenvalue weighted by Gasteiger charge is 2.54. The standard InChI is InChI=1S/C17H17NOS2/c19-17-18-16-15(21-17)12(9-4-2-1-3-5-9)13-10-6-7-11(8-10)14(13)20-16/h1-5,10-14H,6-8H2,(H,18,19)/t10-,11+,12+,13-,14+/m1/s1. The normalized spacial score (nSPS) is 36.5. The number of rotatable bonds is 1. The fourth-order valence-electron chi connectivity index (χ4n) is 4.88. The number of H-pyrrole nitrogens is 1. The third kappa shape index (κ3) is 1.75. The quantitative estimate of drug-likeness (QED) is 0.860. The van der Waals surface area contributed by atoms with Gasteiger partial charge in [0.2, 0.25) is 0 Å². The molecule has 21 heavy (non-hydrogen) atoms. The van der Waals surface area contributed by atoms with Crippen molar-refractivity contribution in [2.45, 2.75) is 35.5 Å². The summed E-state index contributed by atoms with van der Waals surface area (Å²) in [6, 6.07) is 10.8. The van der Waals surface area contributed by atoms with Crippen LogP contribution < -0.4 is 4.87 Å². The molecule has 2 nitrogen and oxygen atoms in total. The molecule has 5 rings (SSSR count). The fourth-order valence-corrected chi connectivity index (χ4v) is 7.78. The lowest BCUT2D eigenvalue weighted by molar-refractivity contribution is 0.307. The topological polar surface area (TPSA) is 32.9 Å². The van der Waals surface area contributed by atoms with E-state index in [1.54, 1.807) is 0 Å². The second-order valence-corrected chi connectivity index (χ2v) is 8.79. The van der Waals surface area contributed by atoms with Crippen LogP contribution >= 0.6 is 23.1 Å². The molecule has 5 atom stereocenters. The zero-order valence-corrected chi connectivity index (χ0v) is 13.3. The lowest BCUT2D eigenvalue weighted by Crippen LogP contribution is -2.33. The van der Waals surface area contributed by atoms with Crippen LogP contribution in [0.1, 0.15) is 35.6 Å². The minimum absolute atomic E-state index is 0.112. The van der Waals surface area contributed by atoms with Crippen LogP contribution in [0, 0.1) is 17.8 Å². The number of nitrogens with one attached hydrogen (secondary N) is 1. The fraction of sp³-hybridized carbons (Fsp3) is 0.471. The van der Waals surface area contributed by atoms with Gasteiger partial charge in [-0.25, -0.2) is 0 Å². The van der Waals surface area contributed by atoms with Crippen molar-refractivity contribution in [3.8, 4) is 0 Å². The van der Waals surface area contributed by atoms with Crippen molar-refractivity contribution in [3.63, 3.8) is 0 Å². The zero-order chi connectivity index (χ0) is 14.0. The molecule has 2 aromatic rings. The van der Waals surface area contributed by atoms with Gasteiger partial charge in [0.1, 0.15) is 0 Å². The van der Waals surface area contributed by atoms with Crippen LogP contribution in [0.5, 0.6) is 0 Å². The van der Waals surface area contributed by atoms with Gasteiger partial charge in [-0.05, 0) is 42.6 Å². The van der Waals surface area contributed by atoms with Gasteiger partial charge in [0, 0.05) is 16.0 Å². The second kappa shape index (κ2) is 4.50. The first-order chi connectivity index (χ1) is 10.3. The summed E-state index contributed by atoms with van der Waals surface area (Å²) >= 11 is 3.40.